The van der Waals surface area contributed by atoms with Crippen LogP contribution in [-0.2, 0) is 13.8 Å². The molecule has 0 saturated carbocycles. The molecule has 0 rings (SSSR count). The largest absolute Gasteiger partial charge is 0.391 e. The van der Waals surface area contributed by atoms with Crippen LogP contribution in [0.1, 0.15) is 33.1 Å². The summed E-state index contributed by atoms with van der Waals surface area (Å²) in [5.41, 5.74) is -0.716. The number of hydrogen-bond acceptors (Lipinski definition) is 3. The lowest BCUT2D eigenvalue weighted by Crippen LogP contribution is -2.33. The van der Waals surface area contributed by atoms with E-state index < -0.39 is 33.7 Å². The van der Waals surface area contributed by atoms with Crippen molar-refractivity contribution in [3.05, 3.63) is 0 Å². The summed E-state index contributed by atoms with van der Waals surface area (Å²) in [5.74, 6) is -0.291. The molecule has 0 aliphatic rings. The molecule has 0 bridgehead atoms. The van der Waals surface area contributed by atoms with Crippen LogP contribution in [-0.4, -0.2) is 33.6 Å². The molecule has 8 heteroatoms. The van der Waals surface area contributed by atoms with Gasteiger partial charge in [0.05, 0.1) is 25.4 Å². The summed E-state index contributed by atoms with van der Waals surface area (Å²) in [4.78, 5) is 0. The maximum Gasteiger partial charge on any atom is 0.391 e. The van der Waals surface area contributed by atoms with Gasteiger partial charge in [-0.15, -0.1) is 0 Å². The molecule has 0 aliphatic carbocycles. The van der Waals surface area contributed by atoms with Crippen molar-refractivity contribution in [3.63, 3.8) is 0 Å². The summed E-state index contributed by atoms with van der Waals surface area (Å²) in [6.07, 6.45) is -4.35. The van der Waals surface area contributed by atoms with Crippen LogP contribution in [0.5, 0.6) is 0 Å². The molecule has 0 atom stereocenters. The quantitative estimate of drug-likeness (QED) is 0.510. The smallest absolute Gasteiger partial charge is 0.380 e. The van der Waals surface area contributed by atoms with Crippen LogP contribution in [0.3, 0.4) is 0 Å². The van der Waals surface area contributed by atoms with Gasteiger partial charge in [0, 0.05) is 16.1 Å². The Morgan fingerprint density at radius 3 is 2.00 bits per heavy atom. The number of halogens is 4. The highest BCUT2D eigenvalue weighted by atomic mass is 35.7. The van der Waals surface area contributed by atoms with E-state index in [4.69, 9.17) is 15.4 Å². The van der Waals surface area contributed by atoms with E-state index in [-0.39, 0.29) is 12.4 Å². The zero-order valence-corrected chi connectivity index (χ0v) is 12.0. The zero-order valence-electron chi connectivity index (χ0n) is 10.4. The van der Waals surface area contributed by atoms with E-state index in [2.05, 4.69) is 0 Å². The highest BCUT2D eigenvalue weighted by Crippen LogP contribution is 2.30. The Bertz CT molecular complexity index is 337. The average Bonchev–Trinajstić information content (AvgIpc) is 2.19. The monoisotopic (exact) mass is 310 g/mol. The van der Waals surface area contributed by atoms with Crippen molar-refractivity contribution in [2.75, 3.05) is 19.0 Å². The van der Waals surface area contributed by atoms with Gasteiger partial charge in [0.1, 0.15) is 0 Å². The molecule has 0 aromatic heterocycles. The molecule has 0 aromatic carbocycles. The van der Waals surface area contributed by atoms with Gasteiger partial charge in [-0.1, -0.05) is 13.8 Å². The van der Waals surface area contributed by atoms with Crippen LogP contribution in [0.15, 0.2) is 0 Å². The van der Waals surface area contributed by atoms with Crippen LogP contribution in [0.4, 0.5) is 13.2 Å². The molecular formula is C10H18ClF3O3S. The molecule has 110 valence electrons. The third kappa shape index (κ3) is 8.16. The average molecular weight is 311 g/mol. The van der Waals surface area contributed by atoms with Gasteiger partial charge in [0.15, 0.2) is 0 Å². The molecule has 0 spiro atoms. The molecule has 3 nitrogen and oxygen atoms in total. The van der Waals surface area contributed by atoms with Crippen LogP contribution in [0, 0.1) is 5.41 Å². The molecule has 0 N–H and O–H groups in total. The van der Waals surface area contributed by atoms with Crippen molar-refractivity contribution in [2.45, 2.75) is 39.3 Å². The third-order valence-corrected chi connectivity index (χ3v) is 4.20. The van der Waals surface area contributed by atoms with Crippen LogP contribution in [0.25, 0.3) is 0 Å². The van der Waals surface area contributed by atoms with Crippen molar-refractivity contribution in [1.82, 2.24) is 0 Å². The second kappa shape index (κ2) is 6.96. The number of ether oxygens (including phenoxy) is 1. The Morgan fingerprint density at radius 2 is 1.67 bits per heavy atom. The molecule has 18 heavy (non-hydrogen) atoms. The fourth-order valence-corrected chi connectivity index (χ4v) is 3.46. The Hall–Kier alpha value is -0.0100. The first-order valence-electron chi connectivity index (χ1n) is 5.60. The second-order valence-corrected chi connectivity index (χ2v) is 7.08. The predicted molar refractivity (Wildman–Crippen MR) is 64.1 cm³/mol. The standard InChI is InChI=1S/C10H18ClF3O3S/c1-3-9(4-2,8-18(11,15)16)7-17-6-5-10(12,13)14/h3-8H2,1-2H3. The van der Waals surface area contributed by atoms with E-state index >= 15 is 0 Å². The SMILES string of the molecule is CCC(CC)(COCCC(F)(F)F)CS(=O)(=O)Cl. The summed E-state index contributed by atoms with van der Waals surface area (Å²) in [6.45, 7) is 3.02. The van der Waals surface area contributed by atoms with Gasteiger partial charge in [0.2, 0.25) is 9.05 Å². The molecule has 0 aliphatic heterocycles. The number of alkyl halides is 3. The van der Waals surface area contributed by atoms with Gasteiger partial charge in [-0.3, -0.25) is 0 Å². The first-order valence-corrected chi connectivity index (χ1v) is 8.08. The van der Waals surface area contributed by atoms with Gasteiger partial charge in [-0.2, -0.15) is 13.2 Å². The van der Waals surface area contributed by atoms with Crippen LogP contribution in [0.2, 0.25) is 0 Å². The van der Waals surface area contributed by atoms with Gasteiger partial charge >= 0.3 is 6.18 Å². The lowest BCUT2D eigenvalue weighted by Gasteiger charge is -2.30. The van der Waals surface area contributed by atoms with Crippen LogP contribution >= 0.6 is 10.7 Å². The predicted octanol–water partition coefficient (Wildman–Crippen LogP) is 3.33. The molecule has 0 saturated heterocycles. The van der Waals surface area contributed by atoms with Gasteiger partial charge in [-0.25, -0.2) is 8.42 Å². The van der Waals surface area contributed by atoms with Gasteiger partial charge in [-0.05, 0) is 12.8 Å². The highest BCUT2D eigenvalue weighted by molar-refractivity contribution is 8.13. The fraction of sp³-hybridized carbons (Fsp3) is 1.00. The van der Waals surface area contributed by atoms with E-state index in [1.165, 1.54) is 0 Å². The molecule has 0 radical (unpaired) electrons. The summed E-state index contributed by atoms with van der Waals surface area (Å²) < 4.78 is 62.9. The molecule has 0 amide bonds. The minimum absolute atomic E-state index is 0.0397. The Kier molecular flexibility index (Phi) is 6.95. The van der Waals surface area contributed by atoms with E-state index in [0.29, 0.717) is 12.8 Å². The van der Waals surface area contributed by atoms with E-state index in [1.54, 1.807) is 13.8 Å². The van der Waals surface area contributed by atoms with E-state index in [9.17, 15) is 21.6 Å². The molecule has 0 fully saturated rings. The summed E-state index contributed by atoms with van der Waals surface area (Å²) >= 11 is 0. The minimum Gasteiger partial charge on any atom is -0.380 e. The highest BCUT2D eigenvalue weighted by Gasteiger charge is 2.33. The Morgan fingerprint density at radius 1 is 1.17 bits per heavy atom. The summed E-state index contributed by atoms with van der Waals surface area (Å²) in [7, 11) is 1.50. The minimum atomic E-state index is -4.26. The first kappa shape index (κ1) is 18.0. The maximum absolute atomic E-state index is 11.9. The van der Waals surface area contributed by atoms with Crippen LogP contribution < -0.4 is 0 Å². The topological polar surface area (TPSA) is 43.4 Å². The third-order valence-electron chi connectivity index (χ3n) is 2.92. The molecule has 0 unspecified atom stereocenters. The van der Waals surface area contributed by atoms with Crippen molar-refractivity contribution in [2.24, 2.45) is 5.41 Å². The summed E-state index contributed by atoms with van der Waals surface area (Å²) in [5, 5.41) is 0. The summed E-state index contributed by atoms with van der Waals surface area (Å²) in [6, 6.07) is 0. The lowest BCUT2D eigenvalue weighted by atomic mass is 9.85. The first-order chi connectivity index (χ1) is 8.04. The van der Waals surface area contributed by atoms with Gasteiger partial charge < -0.3 is 4.74 Å². The number of hydrogen-bond donors (Lipinski definition) is 0. The maximum atomic E-state index is 11.9. The Labute approximate surface area is 110 Å². The van der Waals surface area contributed by atoms with Gasteiger partial charge in [0.25, 0.3) is 0 Å². The van der Waals surface area contributed by atoms with Crippen molar-refractivity contribution >= 4 is 19.7 Å². The number of rotatable bonds is 8. The van der Waals surface area contributed by atoms with Crippen molar-refractivity contribution in [1.29, 1.82) is 0 Å². The fourth-order valence-electron chi connectivity index (χ4n) is 1.54. The second-order valence-electron chi connectivity index (χ2n) is 4.31. The van der Waals surface area contributed by atoms with E-state index in [1.807, 2.05) is 0 Å². The normalized spacial score (nSPS) is 13.9. The molecule has 0 aromatic rings. The molecule has 0 heterocycles. The zero-order chi connectivity index (χ0) is 14.4. The lowest BCUT2D eigenvalue weighted by molar-refractivity contribution is -0.147. The van der Waals surface area contributed by atoms with Crippen molar-refractivity contribution < 1.29 is 26.3 Å². The Balaban J connectivity index is 4.36. The molecular weight excluding hydrogens is 293 g/mol. The van der Waals surface area contributed by atoms with E-state index in [0.717, 1.165) is 0 Å². The van der Waals surface area contributed by atoms with Crippen molar-refractivity contribution in [3.8, 4) is 0 Å².